The smallest absolute Gasteiger partial charge is 0.308 e. The van der Waals surface area contributed by atoms with E-state index in [1.165, 1.54) is 16.8 Å². The van der Waals surface area contributed by atoms with E-state index in [1.807, 2.05) is 0 Å². The van der Waals surface area contributed by atoms with Gasteiger partial charge in [-0.25, -0.2) is 0 Å². The Kier molecular flexibility index (Phi) is 10.9. The highest BCUT2D eigenvalue weighted by atomic mass is 16.6. The van der Waals surface area contributed by atoms with Crippen LogP contribution in [0.25, 0.3) is 0 Å². The molecule has 3 rings (SSSR count). The molecule has 0 aromatic heterocycles. The summed E-state index contributed by atoms with van der Waals surface area (Å²) < 4.78 is 5.48. The molecule has 10 nitrogen and oxygen atoms in total. The Balaban J connectivity index is 1.88. The predicted octanol–water partition coefficient (Wildman–Crippen LogP) is 3.27. The van der Waals surface area contributed by atoms with Crippen LogP contribution in [-0.4, -0.2) is 95.7 Å². The average molecular weight is 577 g/mol. The highest BCUT2D eigenvalue weighted by molar-refractivity contribution is 5.97. The monoisotopic (exact) mass is 576 g/mol. The van der Waals surface area contributed by atoms with Crippen molar-refractivity contribution < 1.29 is 28.7 Å². The number of ether oxygens (including phenoxy) is 1. The number of nitrogens with one attached hydrogen (secondary N) is 1. The van der Waals surface area contributed by atoms with Gasteiger partial charge in [0.15, 0.2) is 0 Å². The summed E-state index contributed by atoms with van der Waals surface area (Å²) in [5.74, 6) is -1.75. The molecule has 10 heteroatoms. The van der Waals surface area contributed by atoms with E-state index in [2.05, 4.69) is 5.32 Å². The maximum atomic E-state index is 14.3. The Hall–Kier alpha value is -2.65. The first kappa shape index (κ1) is 32.9. The summed E-state index contributed by atoms with van der Waals surface area (Å²) in [6.07, 6.45) is 9.74. The van der Waals surface area contributed by atoms with Gasteiger partial charge in [-0.05, 0) is 65.2 Å². The lowest BCUT2D eigenvalue weighted by atomic mass is 9.89. The molecule has 0 bridgehead atoms. The van der Waals surface area contributed by atoms with Crippen molar-refractivity contribution in [2.24, 2.45) is 11.8 Å². The van der Waals surface area contributed by atoms with E-state index < -0.39 is 29.2 Å². The Morgan fingerprint density at radius 1 is 0.805 bits per heavy atom. The zero-order valence-corrected chi connectivity index (χ0v) is 26.3. The van der Waals surface area contributed by atoms with Crippen LogP contribution in [0.5, 0.6) is 0 Å². The molecule has 3 fully saturated rings. The number of carbonyl (C=O) groups is 5. The van der Waals surface area contributed by atoms with Gasteiger partial charge < -0.3 is 24.8 Å². The van der Waals surface area contributed by atoms with Crippen LogP contribution in [0.1, 0.15) is 104 Å². The number of rotatable bonds is 10. The molecule has 41 heavy (non-hydrogen) atoms. The second-order valence-corrected chi connectivity index (χ2v) is 13.7. The molecule has 1 N–H and O–H groups in total. The summed E-state index contributed by atoms with van der Waals surface area (Å²) in [5.41, 5.74) is -1.75. The van der Waals surface area contributed by atoms with Crippen molar-refractivity contribution >= 4 is 29.6 Å². The lowest BCUT2D eigenvalue weighted by molar-refractivity contribution is -0.161. The Morgan fingerprint density at radius 2 is 1.34 bits per heavy atom. The Bertz CT molecular complexity index is 972. The van der Waals surface area contributed by atoms with Crippen molar-refractivity contribution in [1.29, 1.82) is 0 Å². The lowest BCUT2D eigenvalue weighted by Crippen LogP contribution is -2.63. The molecule has 232 valence electrons. The molecule has 0 aliphatic heterocycles. The fourth-order valence-corrected chi connectivity index (χ4v) is 6.91. The number of amides is 4. The van der Waals surface area contributed by atoms with Crippen LogP contribution in [-0.2, 0) is 28.7 Å². The minimum Gasteiger partial charge on any atom is -0.460 e. The summed E-state index contributed by atoms with van der Waals surface area (Å²) >= 11 is 0. The molecule has 0 heterocycles. The van der Waals surface area contributed by atoms with Gasteiger partial charge in [-0.2, -0.15) is 0 Å². The number of hydrogen-bond donors (Lipinski definition) is 1. The van der Waals surface area contributed by atoms with Crippen LogP contribution in [0, 0.1) is 11.8 Å². The number of nitrogens with zero attached hydrogens (tertiary/aromatic N) is 3. The molecule has 0 spiro atoms. The normalized spacial score (nSPS) is 20.8. The largest absolute Gasteiger partial charge is 0.460 e. The number of esters is 1. The number of hydrogen-bond acceptors (Lipinski definition) is 6. The van der Waals surface area contributed by atoms with E-state index in [0.29, 0.717) is 12.8 Å². The molecule has 0 saturated heterocycles. The third-order valence-corrected chi connectivity index (χ3v) is 9.11. The Labute approximate surface area is 245 Å². The maximum Gasteiger partial charge on any atom is 0.308 e. The van der Waals surface area contributed by atoms with Gasteiger partial charge in [-0.3, -0.25) is 24.0 Å². The van der Waals surface area contributed by atoms with E-state index in [0.717, 1.165) is 64.2 Å². The van der Waals surface area contributed by atoms with Crippen molar-refractivity contribution in [3.05, 3.63) is 0 Å². The van der Waals surface area contributed by atoms with Crippen LogP contribution in [0.4, 0.5) is 0 Å². The minimum absolute atomic E-state index is 0.0546. The van der Waals surface area contributed by atoms with Crippen molar-refractivity contribution in [3.8, 4) is 0 Å². The molecule has 4 amide bonds. The minimum atomic E-state index is -1.07. The zero-order chi connectivity index (χ0) is 30.5. The van der Waals surface area contributed by atoms with Crippen LogP contribution in [0.2, 0.25) is 0 Å². The molecule has 0 aromatic rings. The molecule has 3 saturated carbocycles. The van der Waals surface area contributed by atoms with Crippen LogP contribution in [0.15, 0.2) is 0 Å². The predicted molar refractivity (Wildman–Crippen MR) is 156 cm³/mol. The first-order chi connectivity index (χ1) is 19.2. The van der Waals surface area contributed by atoms with Crippen molar-refractivity contribution in [1.82, 2.24) is 20.0 Å². The highest BCUT2D eigenvalue weighted by Gasteiger charge is 2.49. The topological polar surface area (TPSA) is 116 Å². The van der Waals surface area contributed by atoms with E-state index in [9.17, 15) is 24.0 Å². The van der Waals surface area contributed by atoms with Gasteiger partial charge >= 0.3 is 5.97 Å². The average Bonchev–Trinajstić information content (AvgIpc) is 3.68. The molecule has 0 aromatic carbocycles. The fourth-order valence-electron chi connectivity index (χ4n) is 6.91. The second kappa shape index (κ2) is 13.6. The van der Waals surface area contributed by atoms with Crippen molar-refractivity contribution in [2.75, 3.05) is 28.2 Å². The first-order valence-corrected chi connectivity index (χ1v) is 15.5. The molecule has 3 aliphatic rings. The van der Waals surface area contributed by atoms with Gasteiger partial charge in [-0.15, -0.1) is 0 Å². The van der Waals surface area contributed by atoms with Gasteiger partial charge in [-0.1, -0.05) is 38.5 Å². The molecular formula is C31H52N4O6. The fraction of sp³-hybridized carbons (Fsp3) is 0.839. The van der Waals surface area contributed by atoms with Crippen LogP contribution >= 0.6 is 0 Å². The Morgan fingerprint density at radius 3 is 1.85 bits per heavy atom. The summed E-state index contributed by atoms with van der Waals surface area (Å²) in [6, 6.07) is -1.87. The highest BCUT2D eigenvalue weighted by Crippen LogP contribution is 2.37. The molecule has 0 radical (unpaired) electrons. The van der Waals surface area contributed by atoms with Gasteiger partial charge in [0.25, 0.3) is 0 Å². The van der Waals surface area contributed by atoms with E-state index in [4.69, 9.17) is 4.74 Å². The molecular weight excluding hydrogens is 524 g/mol. The SMILES string of the molecule is CN(C)C(=O)[C@H](CC(=O)OC(C)(C)C)N(C)C(=O)[C@H](C1CCCC1)N(C)C(=O)C1(NC(=O)C2CCCC2)CCCC1. The summed E-state index contributed by atoms with van der Waals surface area (Å²) in [7, 11) is 6.37. The second-order valence-electron chi connectivity index (χ2n) is 13.7. The van der Waals surface area contributed by atoms with Crippen molar-refractivity contribution in [2.45, 2.75) is 127 Å². The summed E-state index contributed by atoms with van der Waals surface area (Å²) in [6.45, 7) is 5.26. The number of likely N-dealkylation sites (N-methyl/N-ethyl adjacent to an activating group) is 3. The van der Waals surface area contributed by atoms with Crippen LogP contribution < -0.4 is 5.32 Å². The zero-order valence-electron chi connectivity index (χ0n) is 26.3. The first-order valence-electron chi connectivity index (χ1n) is 15.5. The van der Waals surface area contributed by atoms with Crippen molar-refractivity contribution in [3.63, 3.8) is 0 Å². The van der Waals surface area contributed by atoms with E-state index in [1.54, 1.807) is 46.8 Å². The van der Waals surface area contributed by atoms with Gasteiger partial charge in [0, 0.05) is 34.1 Å². The third kappa shape index (κ3) is 8.01. The quantitative estimate of drug-likeness (QED) is 0.399. The standard InChI is InChI=1S/C31H52N4O6/c1-30(2,3)41-24(36)20-23(27(38)33(4)5)34(6)28(39)25(21-14-8-9-15-21)35(7)29(40)31(18-12-13-19-31)32-26(37)22-16-10-11-17-22/h21-23,25H,8-20H2,1-7H3,(H,32,37)/t23-,25-/m0/s1. The van der Waals surface area contributed by atoms with E-state index >= 15 is 0 Å². The van der Waals surface area contributed by atoms with Gasteiger partial charge in [0.2, 0.25) is 23.6 Å². The maximum absolute atomic E-state index is 14.3. The van der Waals surface area contributed by atoms with E-state index in [-0.39, 0.29) is 41.9 Å². The van der Waals surface area contributed by atoms with Gasteiger partial charge in [0.05, 0.1) is 6.42 Å². The van der Waals surface area contributed by atoms with Gasteiger partial charge in [0.1, 0.15) is 23.2 Å². The molecule has 2 atom stereocenters. The lowest BCUT2D eigenvalue weighted by Gasteiger charge is -2.41. The summed E-state index contributed by atoms with van der Waals surface area (Å²) in [5, 5.41) is 3.16. The molecule has 0 unspecified atom stereocenters. The summed E-state index contributed by atoms with van der Waals surface area (Å²) in [4.78, 5) is 72.0. The molecule has 3 aliphatic carbocycles. The van der Waals surface area contributed by atoms with Crippen LogP contribution in [0.3, 0.4) is 0 Å². The third-order valence-electron chi connectivity index (χ3n) is 9.11. The number of carbonyl (C=O) groups excluding carboxylic acids is 5.